The summed E-state index contributed by atoms with van der Waals surface area (Å²) in [6.07, 6.45) is -1.08. The van der Waals surface area contributed by atoms with E-state index < -0.39 is 24.3 Å². The van der Waals surface area contributed by atoms with Crippen molar-refractivity contribution in [3.63, 3.8) is 0 Å². The molecule has 0 bridgehead atoms. The second kappa shape index (κ2) is 14.1. The van der Waals surface area contributed by atoms with Crippen LogP contribution in [0.2, 0.25) is 0 Å². The number of amidine groups is 1. The summed E-state index contributed by atoms with van der Waals surface area (Å²) in [5, 5.41) is 10.3. The lowest BCUT2D eigenvalue weighted by atomic mass is 10.0. The first-order valence-corrected chi connectivity index (χ1v) is 11.8. The van der Waals surface area contributed by atoms with Crippen molar-refractivity contribution in [2.24, 2.45) is 11.7 Å². The van der Waals surface area contributed by atoms with E-state index in [1.54, 1.807) is 12.1 Å². The highest BCUT2D eigenvalue weighted by atomic mass is 35.5. The summed E-state index contributed by atoms with van der Waals surface area (Å²) in [6, 6.07) is 14.7. The van der Waals surface area contributed by atoms with Gasteiger partial charge in [0.05, 0.1) is 25.0 Å². The normalized spacial score (nSPS) is 17.1. The van der Waals surface area contributed by atoms with Gasteiger partial charge >= 0.3 is 12.1 Å². The molecule has 4 N–H and O–H groups in total. The number of benzene rings is 2. The summed E-state index contributed by atoms with van der Waals surface area (Å²) >= 11 is 0. The number of hydrogen-bond acceptors (Lipinski definition) is 8. The maximum absolute atomic E-state index is 12.3. The maximum atomic E-state index is 12.3. The fourth-order valence-corrected chi connectivity index (χ4v) is 3.71. The summed E-state index contributed by atoms with van der Waals surface area (Å²) in [4.78, 5) is 35.9. The Balaban J connectivity index is 0.00000481. The number of halogens is 1. The SMILES string of the molecule is CCCOC(=O)OC(C)OC(=O)C[C@@H]1C[C@@H](COc2ccc(-c3ccc(C(=N)N)cc3)cc2)NC1=O.Cl. The number of ether oxygens (including phenoxy) is 4. The molecule has 1 amide bonds. The number of esters is 1. The highest BCUT2D eigenvalue weighted by Crippen LogP contribution is 2.24. The van der Waals surface area contributed by atoms with Crippen LogP contribution in [0.25, 0.3) is 11.1 Å². The van der Waals surface area contributed by atoms with Crippen LogP contribution in [0, 0.1) is 11.3 Å². The average Bonchev–Trinajstić information content (AvgIpc) is 3.20. The average molecular weight is 534 g/mol. The Kier molecular flexibility index (Phi) is 11.2. The van der Waals surface area contributed by atoms with Gasteiger partial charge in [0, 0.05) is 12.5 Å². The molecular formula is C26H32ClN3O7. The van der Waals surface area contributed by atoms with Crippen LogP contribution in [0.5, 0.6) is 5.75 Å². The predicted molar refractivity (Wildman–Crippen MR) is 139 cm³/mol. The number of nitrogens with two attached hydrogens (primary N) is 1. The van der Waals surface area contributed by atoms with Crippen LogP contribution in [-0.4, -0.2) is 49.4 Å². The van der Waals surface area contributed by atoms with Crippen molar-refractivity contribution in [3.05, 3.63) is 54.1 Å². The quantitative estimate of drug-likeness (QED) is 0.171. The number of carbonyl (C=O) groups excluding carboxylic acids is 3. The molecule has 1 aliphatic heterocycles. The van der Waals surface area contributed by atoms with Crippen LogP contribution in [0.15, 0.2) is 48.5 Å². The van der Waals surface area contributed by atoms with Crippen LogP contribution in [0.3, 0.4) is 0 Å². The molecule has 0 aliphatic carbocycles. The Labute approximate surface area is 221 Å². The van der Waals surface area contributed by atoms with Crippen molar-refractivity contribution in [1.82, 2.24) is 5.32 Å². The van der Waals surface area contributed by atoms with Gasteiger partial charge in [-0.2, -0.15) is 0 Å². The van der Waals surface area contributed by atoms with Crippen molar-refractivity contribution < 1.29 is 33.3 Å². The van der Waals surface area contributed by atoms with Crippen LogP contribution in [-0.2, 0) is 23.8 Å². The van der Waals surface area contributed by atoms with Gasteiger partial charge < -0.3 is 30.0 Å². The van der Waals surface area contributed by atoms with Gasteiger partial charge in [-0.15, -0.1) is 12.4 Å². The van der Waals surface area contributed by atoms with E-state index in [1.165, 1.54) is 6.92 Å². The van der Waals surface area contributed by atoms with Gasteiger partial charge in [-0.1, -0.05) is 43.3 Å². The van der Waals surface area contributed by atoms with E-state index in [-0.39, 0.29) is 49.8 Å². The van der Waals surface area contributed by atoms with E-state index in [1.807, 2.05) is 43.3 Å². The summed E-state index contributed by atoms with van der Waals surface area (Å²) < 4.78 is 20.5. The first-order valence-electron chi connectivity index (χ1n) is 11.8. The molecule has 1 aliphatic rings. The van der Waals surface area contributed by atoms with E-state index in [4.69, 9.17) is 30.1 Å². The lowest BCUT2D eigenvalue weighted by molar-refractivity contribution is -0.169. The first kappa shape index (κ1) is 29.4. The molecule has 1 unspecified atom stereocenters. The molecule has 10 nitrogen and oxygen atoms in total. The van der Waals surface area contributed by atoms with Crippen LogP contribution in [0.4, 0.5) is 4.79 Å². The molecule has 2 aromatic carbocycles. The fraction of sp³-hybridized carbons (Fsp3) is 0.385. The molecule has 1 saturated heterocycles. The molecule has 2 aromatic rings. The molecule has 0 aromatic heterocycles. The van der Waals surface area contributed by atoms with Gasteiger partial charge in [-0.25, -0.2) is 4.79 Å². The van der Waals surface area contributed by atoms with E-state index in [9.17, 15) is 14.4 Å². The second-order valence-electron chi connectivity index (χ2n) is 8.44. The molecule has 200 valence electrons. The molecule has 11 heteroatoms. The van der Waals surface area contributed by atoms with Crippen molar-refractivity contribution in [1.29, 1.82) is 5.41 Å². The molecule has 3 atom stereocenters. The number of nitrogens with one attached hydrogen (secondary N) is 2. The van der Waals surface area contributed by atoms with E-state index in [0.717, 1.165) is 11.1 Å². The topological polar surface area (TPSA) is 150 Å². The molecule has 0 spiro atoms. The molecule has 0 saturated carbocycles. The minimum absolute atomic E-state index is 0. The lowest BCUT2D eigenvalue weighted by Gasteiger charge is -2.15. The van der Waals surface area contributed by atoms with Crippen LogP contribution >= 0.6 is 12.4 Å². The number of nitrogen functional groups attached to an aromatic ring is 1. The summed E-state index contributed by atoms with van der Waals surface area (Å²) in [6.45, 7) is 3.72. The predicted octanol–water partition coefficient (Wildman–Crippen LogP) is 3.79. The van der Waals surface area contributed by atoms with Crippen molar-refractivity contribution >= 4 is 36.3 Å². The molecule has 1 heterocycles. The maximum Gasteiger partial charge on any atom is 0.511 e. The monoisotopic (exact) mass is 533 g/mol. The molecule has 3 rings (SSSR count). The van der Waals surface area contributed by atoms with Gasteiger partial charge in [-0.3, -0.25) is 15.0 Å². The summed E-state index contributed by atoms with van der Waals surface area (Å²) in [5.74, 6) is -0.764. The minimum Gasteiger partial charge on any atom is -0.491 e. The third kappa shape index (κ3) is 8.98. The van der Waals surface area contributed by atoms with E-state index in [2.05, 4.69) is 5.32 Å². The van der Waals surface area contributed by atoms with Gasteiger partial charge in [-0.05, 0) is 36.1 Å². The summed E-state index contributed by atoms with van der Waals surface area (Å²) in [5.41, 5.74) is 8.13. The third-order valence-electron chi connectivity index (χ3n) is 5.52. The Hall–Kier alpha value is -3.79. The summed E-state index contributed by atoms with van der Waals surface area (Å²) in [7, 11) is 0. The van der Waals surface area contributed by atoms with Gasteiger partial charge in [0.15, 0.2) is 0 Å². The lowest BCUT2D eigenvalue weighted by Crippen LogP contribution is -2.31. The number of carbonyl (C=O) groups is 3. The fourth-order valence-electron chi connectivity index (χ4n) is 3.71. The molecule has 0 radical (unpaired) electrons. The van der Waals surface area contributed by atoms with E-state index in [0.29, 0.717) is 24.2 Å². The second-order valence-corrected chi connectivity index (χ2v) is 8.44. The Bertz CT molecular complexity index is 1080. The smallest absolute Gasteiger partial charge is 0.491 e. The Morgan fingerprint density at radius 3 is 2.30 bits per heavy atom. The number of amides is 1. The van der Waals surface area contributed by atoms with Crippen LogP contribution in [0.1, 0.15) is 38.7 Å². The molecule has 1 fully saturated rings. The third-order valence-corrected chi connectivity index (χ3v) is 5.52. The van der Waals surface area contributed by atoms with Crippen molar-refractivity contribution in [3.8, 4) is 16.9 Å². The Morgan fingerprint density at radius 2 is 1.70 bits per heavy atom. The van der Waals surface area contributed by atoms with Gasteiger partial charge in [0.25, 0.3) is 0 Å². The Morgan fingerprint density at radius 1 is 1.08 bits per heavy atom. The zero-order chi connectivity index (χ0) is 26.1. The highest BCUT2D eigenvalue weighted by molar-refractivity contribution is 5.95. The van der Waals surface area contributed by atoms with Gasteiger partial charge in [0.2, 0.25) is 12.2 Å². The first-order chi connectivity index (χ1) is 17.2. The minimum atomic E-state index is -1.11. The largest absolute Gasteiger partial charge is 0.511 e. The number of rotatable bonds is 11. The molecular weight excluding hydrogens is 502 g/mol. The zero-order valence-corrected chi connectivity index (χ0v) is 21.5. The van der Waals surface area contributed by atoms with Gasteiger partial charge in [0.1, 0.15) is 18.2 Å². The van der Waals surface area contributed by atoms with E-state index >= 15 is 0 Å². The zero-order valence-electron chi connectivity index (χ0n) is 20.7. The standard InChI is InChI=1S/C26H31N3O7.ClH/c1-3-12-33-26(32)36-16(2)35-23(30)14-20-13-21(29-25(20)31)15-34-22-10-8-18(9-11-22)17-4-6-19(7-5-17)24(27)28;/h4-11,16,20-21H,3,12-15H2,1-2H3,(H3,27,28)(H,29,31);1H/t16?,20-,21-;/m0./s1. The molecule has 37 heavy (non-hydrogen) atoms. The number of hydrogen-bond donors (Lipinski definition) is 3. The van der Waals surface area contributed by atoms with Crippen molar-refractivity contribution in [2.45, 2.75) is 45.4 Å². The van der Waals surface area contributed by atoms with Crippen molar-refractivity contribution in [2.75, 3.05) is 13.2 Å². The highest BCUT2D eigenvalue weighted by Gasteiger charge is 2.34. The van der Waals surface area contributed by atoms with Crippen LogP contribution < -0.4 is 15.8 Å².